The van der Waals surface area contributed by atoms with Gasteiger partial charge in [0.25, 0.3) is 5.69 Å². The second-order valence-electron chi connectivity index (χ2n) is 5.20. The van der Waals surface area contributed by atoms with Gasteiger partial charge < -0.3 is 9.46 Å². The highest BCUT2D eigenvalue weighted by Crippen LogP contribution is 2.30. The Balaban J connectivity index is 1.69. The first-order valence-electron chi connectivity index (χ1n) is 7.59. The van der Waals surface area contributed by atoms with Crippen LogP contribution >= 0.6 is 11.9 Å². The van der Waals surface area contributed by atoms with Gasteiger partial charge >= 0.3 is 6.01 Å². The molecule has 3 aromatic rings. The highest BCUT2D eigenvalue weighted by molar-refractivity contribution is 8.00. The minimum atomic E-state index is -0.751. The van der Waals surface area contributed by atoms with Crippen LogP contribution in [0.4, 0.5) is 20.3 Å². The monoisotopic (exact) mass is 390 g/mol. The van der Waals surface area contributed by atoms with E-state index in [4.69, 9.17) is 4.74 Å². The average molecular weight is 390 g/mol. The quantitative estimate of drug-likeness (QED) is 0.364. The molecular formula is C17H12F2N4O3S. The minimum Gasteiger partial charge on any atom is -0.459 e. The first-order chi connectivity index (χ1) is 13.0. The van der Waals surface area contributed by atoms with Gasteiger partial charge in [0.05, 0.1) is 11.1 Å². The molecule has 0 aliphatic carbocycles. The van der Waals surface area contributed by atoms with Crippen molar-refractivity contribution in [1.82, 2.24) is 9.97 Å². The highest BCUT2D eigenvalue weighted by Gasteiger charge is 2.15. The van der Waals surface area contributed by atoms with Crippen molar-refractivity contribution in [2.45, 2.75) is 11.5 Å². The number of halogens is 2. The van der Waals surface area contributed by atoms with Gasteiger partial charge in [-0.25, -0.2) is 13.8 Å². The molecule has 0 bridgehead atoms. The lowest BCUT2D eigenvalue weighted by Gasteiger charge is -2.08. The third kappa shape index (κ3) is 4.88. The maximum atomic E-state index is 13.9. The van der Waals surface area contributed by atoms with Gasteiger partial charge in [0.1, 0.15) is 17.3 Å². The zero-order valence-electron chi connectivity index (χ0n) is 13.6. The number of nitrogens with zero attached hydrogens (tertiary/aromatic N) is 3. The maximum absolute atomic E-state index is 13.9. The zero-order valence-corrected chi connectivity index (χ0v) is 14.5. The number of hydrogen-bond donors (Lipinski definition) is 1. The van der Waals surface area contributed by atoms with Crippen LogP contribution in [0.25, 0.3) is 0 Å². The molecule has 0 aliphatic heterocycles. The molecule has 27 heavy (non-hydrogen) atoms. The Labute approximate surface area is 156 Å². The molecule has 2 aromatic carbocycles. The summed E-state index contributed by atoms with van der Waals surface area (Å²) in [5.41, 5.74) is 0.443. The first-order valence-corrected chi connectivity index (χ1v) is 8.40. The van der Waals surface area contributed by atoms with Crippen LogP contribution < -0.4 is 9.46 Å². The fourth-order valence-corrected chi connectivity index (χ4v) is 2.81. The molecule has 0 saturated carbocycles. The molecule has 0 aliphatic rings. The van der Waals surface area contributed by atoms with Crippen LogP contribution in [-0.4, -0.2) is 14.9 Å². The number of nitrogens with one attached hydrogen (secondary N) is 1. The average Bonchev–Trinajstić information content (AvgIpc) is 2.66. The van der Waals surface area contributed by atoms with Gasteiger partial charge in [0.15, 0.2) is 11.6 Å². The number of benzene rings is 2. The molecule has 10 heteroatoms. The van der Waals surface area contributed by atoms with Crippen LogP contribution in [0.1, 0.15) is 5.56 Å². The van der Waals surface area contributed by atoms with Crippen molar-refractivity contribution >= 4 is 23.5 Å². The van der Waals surface area contributed by atoms with E-state index in [0.717, 1.165) is 18.1 Å². The molecule has 1 heterocycles. The van der Waals surface area contributed by atoms with Gasteiger partial charge in [-0.05, 0) is 35.7 Å². The van der Waals surface area contributed by atoms with E-state index in [1.807, 2.05) is 0 Å². The molecule has 0 fully saturated rings. The number of para-hydroxylation sites is 1. The predicted octanol–water partition coefficient (Wildman–Crippen LogP) is 4.36. The SMILES string of the molecule is O=[N+]([O-])c1ccccc1SNc1nc(OCc2cccc(F)c2)ncc1F. The van der Waals surface area contributed by atoms with E-state index in [9.17, 15) is 18.9 Å². The van der Waals surface area contributed by atoms with Crippen LogP contribution in [0.5, 0.6) is 6.01 Å². The van der Waals surface area contributed by atoms with Crippen molar-refractivity contribution in [1.29, 1.82) is 0 Å². The van der Waals surface area contributed by atoms with Crippen LogP contribution in [0.3, 0.4) is 0 Å². The Bertz CT molecular complexity index is 974. The summed E-state index contributed by atoms with van der Waals surface area (Å²) in [5.74, 6) is -1.35. The number of aromatic nitrogens is 2. The van der Waals surface area contributed by atoms with Crippen LogP contribution in [-0.2, 0) is 6.61 Å². The van der Waals surface area contributed by atoms with Gasteiger partial charge in [0.2, 0.25) is 0 Å². The van der Waals surface area contributed by atoms with Crippen LogP contribution in [0, 0.1) is 21.7 Å². The Morgan fingerprint density at radius 2 is 2.00 bits per heavy atom. The van der Waals surface area contributed by atoms with Crippen molar-refractivity contribution in [2.24, 2.45) is 0 Å². The lowest BCUT2D eigenvalue weighted by molar-refractivity contribution is -0.387. The van der Waals surface area contributed by atoms with Gasteiger partial charge in [-0.3, -0.25) is 10.1 Å². The van der Waals surface area contributed by atoms with Gasteiger partial charge in [-0.1, -0.05) is 24.3 Å². The zero-order chi connectivity index (χ0) is 19.2. The predicted molar refractivity (Wildman–Crippen MR) is 95.3 cm³/mol. The second-order valence-corrected chi connectivity index (χ2v) is 6.04. The molecule has 138 valence electrons. The molecule has 0 amide bonds. The van der Waals surface area contributed by atoms with Crippen molar-refractivity contribution in [3.8, 4) is 6.01 Å². The lowest BCUT2D eigenvalue weighted by atomic mass is 10.2. The number of hydrogen-bond acceptors (Lipinski definition) is 7. The van der Waals surface area contributed by atoms with Crippen LogP contribution in [0.2, 0.25) is 0 Å². The largest absolute Gasteiger partial charge is 0.459 e. The number of nitro benzene ring substituents is 1. The van der Waals surface area contributed by atoms with Crippen molar-refractivity contribution in [3.05, 3.63) is 82.0 Å². The molecule has 0 radical (unpaired) electrons. The standard InChI is InChI=1S/C17H12F2N4O3S/c18-12-5-3-4-11(8-12)10-26-17-20-9-13(19)16(21-17)22-27-15-7-2-1-6-14(15)23(24)25/h1-9H,10H2,(H,20,21,22). The number of nitro groups is 1. The van der Waals surface area contributed by atoms with E-state index in [1.54, 1.807) is 12.1 Å². The Morgan fingerprint density at radius 3 is 2.78 bits per heavy atom. The molecule has 3 rings (SSSR count). The van der Waals surface area contributed by atoms with E-state index in [-0.39, 0.29) is 24.1 Å². The van der Waals surface area contributed by atoms with Crippen molar-refractivity contribution < 1.29 is 18.4 Å². The molecule has 0 atom stereocenters. The van der Waals surface area contributed by atoms with E-state index >= 15 is 0 Å². The second kappa shape index (κ2) is 8.41. The Kier molecular flexibility index (Phi) is 5.77. The van der Waals surface area contributed by atoms with E-state index in [2.05, 4.69) is 14.7 Å². The van der Waals surface area contributed by atoms with E-state index in [0.29, 0.717) is 10.5 Å². The maximum Gasteiger partial charge on any atom is 0.318 e. The summed E-state index contributed by atoms with van der Waals surface area (Å²) in [6.45, 7) is 0.000131. The fraction of sp³-hybridized carbons (Fsp3) is 0.0588. The molecule has 0 saturated heterocycles. The summed E-state index contributed by atoms with van der Waals surface area (Å²) in [6, 6.07) is 11.7. The number of ether oxygens (including phenoxy) is 1. The van der Waals surface area contributed by atoms with E-state index in [1.165, 1.54) is 36.4 Å². The van der Waals surface area contributed by atoms with Gasteiger partial charge in [0, 0.05) is 6.07 Å². The Hall–Kier alpha value is -3.27. The summed E-state index contributed by atoms with van der Waals surface area (Å²) in [5, 5.41) is 11.0. The summed E-state index contributed by atoms with van der Waals surface area (Å²) < 4.78 is 35.0. The molecule has 1 N–H and O–H groups in total. The summed E-state index contributed by atoms with van der Waals surface area (Å²) in [4.78, 5) is 18.4. The van der Waals surface area contributed by atoms with Gasteiger partial charge in [-0.2, -0.15) is 4.98 Å². The topological polar surface area (TPSA) is 90.2 Å². The summed E-state index contributed by atoms with van der Waals surface area (Å²) >= 11 is 0.841. The number of anilines is 1. The molecular weight excluding hydrogens is 378 g/mol. The fourth-order valence-electron chi connectivity index (χ4n) is 2.06. The third-order valence-electron chi connectivity index (χ3n) is 3.30. The lowest BCUT2D eigenvalue weighted by Crippen LogP contribution is -2.03. The summed E-state index contributed by atoms with van der Waals surface area (Å²) in [7, 11) is 0. The Morgan fingerprint density at radius 1 is 1.19 bits per heavy atom. The van der Waals surface area contributed by atoms with Crippen molar-refractivity contribution in [2.75, 3.05) is 4.72 Å². The van der Waals surface area contributed by atoms with Crippen molar-refractivity contribution in [3.63, 3.8) is 0 Å². The molecule has 0 spiro atoms. The smallest absolute Gasteiger partial charge is 0.318 e. The van der Waals surface area contributed by atoms with Gasteiger partial charge in [-0.15, -0.1) is 0 Å². The number of rotatable bonds is 7. The molecule has 7 nitrogen and oxygen atoms in total. The normalized spacial score (nSPS) is 10.4. The van der Waals surface area contributed by atoms with Crippen LogP contribution in [0.15, 0.2) is 59.6 Å². The summed E-state index contributed by atoms with van der Waals surface area (Å²) in [6.07, 6.45) is 0.913. The third-order valence-corrected chi connectivity index (χ3v) is 4.16. The minimum absolute atomic E-state index is 0.000131. The molecule has 1 aromatic heterocycles. The van der Waals surface area contributed by atoms with E-state index < -0.39 is 16.6 Å². The molecule has 0 unspecified atom stereocenters. The first kappa shape index (κ1) is 18.5. The highest BCUT2D eigenvalue weighted by atomic mass is 32.2.